The van der Waals surface area contributed by atoms with Gasteiger partial charge >= 0.3 is 0 Å². The number of nitrogens with one attached hydrogen (secondary N) is 2. The largest absolute Gasteiger partial charge is 0.352 e. The lowest BCUT2D eigenvalue weighted by atomic mass is 9.38. The maximum atomic E-state index is 13.6. The number of hydrogen-bond acceptors (Lipinski definition) is 2. The van der Waals surface area contributed by atoms with Crippen LogP contribution in [0.3, 0.4) is 0 Å². The van der Waals surface area contributed by atoms with Crippen molar-refractivity contribution in [1.29, 1.82) is 0 Å². The minimum absolute atomic E-state index is 0.117. The Balaban J connectivity index is 1.33. The van der Waals surface area contributed by atoms with E-state index in [-0.39, 0.29) is 10.8 Å². The van der Waals surface area contributed by atoms with E-state index in [9.17, 15) is 4.79 Å². The zero-order chi connectivity index (χ0) is 17.6. The van der Waals surface area contributed by atoms with Gasteiger partial charge in [0, 0.05) is 19.1 Å². The smallest absolute Gasteiger partial charge is 0.226 e. The van der Waals surface area contributed by atoms with Crippen LogP contribution in [0.15, 0.2) is 30.3 Å². The second-order valence-electron chi connectivity index (χ2n) is 10.7. The van der Waals surface area contributed by atoms with Gasteiger partial charge in [0.1, 0.15) is 0 Å². The van der Waals surface area contributed by atoms with E-state index >= 15 is 0 Å². The Morgan fingerprint density at radius 2 is 1.81 bits per heavy atom. The number of rotatable bonds is 3. The molecular formula is C23H30N2O. The van der Waals surface area contributed by atoms with Gasteiger partial charge in [0.05, 0.1) is 5.41 Å². The van der Waals surface area contributed by atoms with Gasteiger partial charge in [-0.25, -0.2) is 0 Å². The van der Waals surface area contributed by atoms with Gasteiger partial charge in [-0.3, -0.25) is 4.79 Å². The zero-order valence-corrected chi connectivity index (χ0v) is 15.8. The van der Waals surface area contributed by atoms with Crippen LogP contribution >= 0.6 is 0 Å². The van der Waals surface area contributed by atoms with Gasteiger partial charge in [0.15, 0.2) is 0 Å². The SMILES string of the molecule is CC12CC3CC(C(=O)NC4[C@H]5CNC[C@@H]45)(C1)CC(c1ccccc1)(C3)C2. The summed E-state index contributed by atoms with van der Waals surface area (Å²) in [4.78, 5) is 13.6. The van der Waals surface area contributed by atoms with Crippen molar-refractivity contribution < 1.29 is 4.79 Å². The first-order valence-electron chi connectivity index (χ1n) is 10.6. The quantitative estimate of drug-likeness (QED) is 0.879. The van der Waals surface area contributed by atoms with Crippen LogP contribution in [0.2, 0.25) is 0 Å². The number of carbonyl (C=O) groups excluding carboxylic acids is 1. The molecule has 5 unspecified atom stereocenters. The molecule has 1 amide bonds. The number of benzene rings is 1. The molecule has 4 bridgehead atoms. The first kappa shape index (κ1) is 15.7. The van der Waals surface area contributed by atoms with Gasteiger partial charge in [-0.1, -0.05) is 37.3 Å². The summed E-state index contributed by atoms with van der Waals surface area (Å²) >= 11 is 0. The van der Waals surface area contributed by atoms with Crippen molar-refractivity contribution >= 4 is 5.91 Å². The third kappa shape index (κ3) is 2.07. The topological polar surface area (TPSA) is 41.1 Å². The van der Waals surface area contributed by atoms with E-state index in [0.29, 0.717) is 29.2 Å². The van der Waals surface area contributed by atoms with Gasteiger partial charge in [0.25, 0.3) is 0 Å². The van der Waals surface area contributed by atoms with Crippen molar-refractivity contribution in [2.24, 2.45) is 28.6 Å². The van der Waals surface area contributed by atoms with Gasteiger partial charge in [-0.05, 0) is 72.7 Å². The van der Waals surface area contributed by atoms with E-state index in [1.54, 1.807) is 0 Å². The fourth-order valence-electron chi connectivity index (χ4n) is 8.22. The molecular weight excluding hydrogens is 320 g/mol. The van der Waals surface area contributed by atoms with E-state index in [2.05, 4.69) is 47.9 Å². The van der Waals surface area contributed by atoms with Crippen LogP contribution in [0, 0.1) is 28.6 Å². The van der Waals surface area contributed by atoms with Crippen molar-refractivity contribution in [1.82, 2.24) is 10.6 Å². The Morgan fingerprint density at radius 3 is 2.54 bits per heavy atom. The van der Waals surface area contributed by atoms with Crippen molar-refractivity contribution in [3.63, 3.8) is 0 Å². The van der Waals surface area contributed by atoms with E-state index in [4.69, 9.17) is 0 Å². The summed E-state index contributed by atoms with van der Waals surface area (Å²) in [5.74, 6) is 2.52. The maximum absolute atomic E-state index is 13.6. The lowest BCUT2D eigenvalue weighted by molar-refractivity contribution is -0.160. The standard InChI is InChI=1S/C23H30N2O/c1-21-7-15-8-22(12-21,16-5-3-2-4-6-16)14-23(9-15,13-21)20(26)25-19-17-10-24-11-18(17)19/h2-6,15,17-19,24H,7-14H2,1H3,(H,25,26)/t15?,17-,18+,19?,21?,22?,23?. The van der Waals surface area contributed by atoms with Crippen molar-refractivity contribution in [2.45, 2.75) is 56.9 Å². The van der Waals surface area contributed by atoms with Crippen LogP contribution in [0.5, 0.6) is 0 Å². The molecule has 138 valence electrons. The highest BCUT2D eigenvalue weighted by molar-refractivity contribution is 5.84. The Bertz CT molecular complexity index is 753. The zero-order valence-electron chi connectivity index (χ0n) is 15.8. The minimum atomic E-state index is -0.117. The number of carbonyl (C=O) groups is 1. The Kier molecular flexibility index (Phi) is 2.97. The Morgan fingerprint density at radius 1 is 1.04 bits per heavy atom. The summed E-state index contributed by atoms with van der Waals surface area (Å²) in [6.45, 7) is 4.65. The van der Waals surface area contributed by atoms with Crippen LogP contribution in [0.25, 0.3) is 0 Å². The van der Waals surface area contributed by atoms with Crippen LogP contribution in [0.1, 0.15) is 51.0 Å². The second-order valence-corrected chi connectivity index (χ2v) is 10.7. The highest BCUT2D eigenvalue weighted by Crippen LogP contribution is 2.70. The normalized spacial score (nSPS) is 50.5. The van der Waals surface area contributed by atoms with Gasteiger partial charge in [0.2, 0.25) is 5.91 Å². The summed E-state index contributed by atoms with van der Waals surface area (Å²) in [5, 5.41) is 6.96. The molecule has 5 aliphatic carbocycles. The summed E-state index contributed by atoms with van der Waals surface area (Å²) < 4.78 is 0. The highest BCUT2D eigenvalue weighted by Gasteiger charge is 2.65. The number of hydrogen-bond donors (Lipinski definition) is 2. The molecule has 7 rings (SSSR count). The van der Waals surface area contributed by atoms with Crippen LogP contribution in [-0.2, 0) is 10.2 Å². The lowest BCUT2D eigenvalue weighted by Crippen LogP contribution is -2.62. The van der Waals surface area contributed by atoms with E-state index < -0.39 is 0 Å². The first-order chi connectivity index (χ1) is 12.5. The first-order valence-corrected chi connectivity index (χ1v) is 10.6. The molecule has 1 heterocycles. The molecule has 2 N–H and O–H groups in total. The number of fused-ring (bicyclic) bond motifs is 1. The third-order valence-electron chi connectivity index (χ3n) is 8.60. The Hall–Kier alpha value is -1.35. The average Bonchev–Trinajstić information content (AvgIpc) is 3.01. The molecule has 1 aromatic carbocycles. The molecule has 1 aliphatic heterocycles. The number of amides is 1. The average molecular weight is 351 g/mol. The fraction of sp³-hybridized carbons (Fsp3) is 0.696. The summed E-state index contributed by atoms with van der Waals surface area (Å²) in [6, 6.07) is 11.6. The minimum Gasteiger partial charge on any atom is -0.352 e. The lowest BCUT2D eigenvalue weighted by Gasteiger charge is -2.65. The highest BCUT2D eigenvalue weighted by atomic mass is 16.2. The van der Waals surface area contributed by atoms with E-state index in [1.165, 1.54) is 24.8 Å². The van der Waals surface area contributed by atoms with E-state index in [1.807, 2.05) is 0 Å². The molecule has 26 heavy (non-hydrogen) atoms. The predicted octanol–water partition coefficient (Wildman–Crippen LogP) is 3.25. The van der Waals surface area contributed by atoms with Crippen molar-refractivity contribution in [3.05, 3.63) is 35.9 Å². The molecule has 0 aromatic heterocycles. The molecule has 6 fully saturated rings. The molecule has 3 heteroatoms. The monoisotopic (exact) mass is 350 g/mol. The van der Waals surface area contributed by atoms with Gasteiger partial charge < -0.3 is 10.6 Å². The summed E-state index contributed by atoms with van der Waals surface area (Å²) in [5.41, 5.74) is 1.94. The molecule has 0 radical (unpaired) electrons. The van der Waals surface area contributed by atoms with Crippen LogP contribution in [-0.4, -0.2) is 25.0 Å². The predicted molar refractivity (Wildman–Crippen MR) is 102 cm³/mol. The third-order valence-corrected chi connectivity index (χ3v) is 8.60. The van der Waals surface area contributed by atoms with Crippen molar-refractivity contribution in [3.8, 4) is 0 Å². The van der Waals surface area contributed by atoms with Gasteiger partial charge in [-0.2, -0.15) is 0 Å². The van der Waals surface area contributed by atoms with Crippen LogP contribution in [0.4, 0.5) is 0 Å². The van der Waals surface area contributed by atoms with Crippen molar-refractivity contribution in [2.75, 3.05) is 13.1 Å². The molecule has 1 aromatic rings. The summed E-state index contributed by atoms with van der Waals surface area (Å²) in [6.07, 6.45) is 7.20. The molecule has 5 saturated carbocycles. The maximum Gasteiger partial charge on any atom is 0.226 e. The second kappa shape index (κ2) is 4.92. The number of piperidine rings is 1. The Labute approximate surface area is 156 Å². The fourth-order valence-corrected chi connectivity index (χ4v) is 8.22. The molecule has 3 nitrogen and oxygen atoms in total. The molecule has 7 atom stereocenters. The molecule has 1 saturated heterocycles. The molecule has 0 spiro atoms. The molecule has 6 aliphatic rings. The summed E-state index contributed by atoms with van der Waals surface area (Å²) in [7, 11) is 0. The van der Waals surface area contributed by atoms with Gasteiger partial charge in [-0.15, -0.1) is 0 Å². The van der Waals surface area contributed by atoms with E-state index in [0.717, 1.165) is 38.3 Å². The van der Waals surface area contributed by atoms with Crippen LogP contribution < -0.4 is 10.6 Å².